The summed E-state index contributed by atoms with van der Waals surface area (Å²) in [6, 6.07) is 9.51. The molecule has 1 N–H and O–H groups in total. The molecule has 2 aromatic heterocycles. The number of rotatable bonds is 7. The standard InChI is InChI=1S/C20H22N4O3/c1-13-18(14(2)27-24-13)8-9-20(25)21-11-16-10-19(23-12-22-16)15-4-6-17(26-3)7-5-15/h4-7,10,12H,8-9,11H2,1-3H3,(H,21,25). The third-order valence-electron chi connectivity index (χ3n) is 4.36. The molecule has 1 amide bonds. The molecule has 3 rings (SSSR count). The van der Waals surface area contributed by atoms with Crippen LogP contribution >= 0.6 is 0 Å². The highest BCUT2D eigenvalue weighted by atomic mass is 16.5. The Balaban J connectivity index is 1.57. The van der Waals surface area contributed by atoms with Crippen molar-refractivity contribution in [3.8, 4) is 17.0 Å². The largest absolute Gasteiger partial charge is 0.497 e. The summed E-state index contributed by atoms with van der Waals surface area (Å²) in [5.41, 5.74) is 4.34. The van der Waals surface area contributed by atoms with E-state index in [2.05, 4.69) is 20.4 Å². The van der Waals surface area contributed by atoms with Crippen LogP contribution in [0.25, 0.3) is 11.3 Å². The fraction of sp³-hybridized carbons (Fsp3) is 0.300. The molecule has 1 aromatic carbocycles. The molecule has 0 aliphatic carbocycles. The molecule has 3 aromatic rings. The Bertz CT molecular complexity index is 900. The van der Waals surface area contributed by atoms with Crippen molar-refractivity contribution in [3.05, 3.63) is 59.4 Å². The number of aromatic nitrogens is 3. The van der Waals surface area contributed by atoms with E-state index in [1.807, 2.05) is 44.2 Å². The van der Waals surface area contributed by atoms with Crippen LogP contribution < -0.4 is 10.1 Å². The molecule has 7 heteroatoms. The van der Waals surface area contributed by atoms with Crippen molar-refractivity contribution in [1.82, 2.24) is 20.4 Å². The highest BCUT2D eigenvalue weighted by molar-refractivity contribution is 5.76. The smallest absolute Gasteiger partial charge is 0.220 e. The van der Waals surface area contributed by atoms with Gasteiger partial charge in [0.15, 0.2) is 0 Å². The lowest BCUT2D eigenvalue weighted by atomic mass is 10.1. The predicted octanol–water partition coefficient (Wildman–Crippen LogP) is 3.01. The van der Waals surface area contributed by atoms with Crippen LogP contribution in [0.3, 0.4) is 0 Å². The molecule has 0 saturated heterocycles. The van der Waals surface area contributed by atoms with Crippen molar-refractivity contribution in [2.75, 3.05) is 7.11 Å². The number of hydrogen-bond acceptors (Lipinski definition) is 6. The number of nitrogens with one attached hydrogen (secondary N) is 1. The summed E-state index contributed by atoms with van der Waals surface area (Å²) >= 11 is 0. The Hall–Kier alpha value is -3.22. The minimum absolute atomic E-state index is 0.0420. The van der Waals surface area contributed by atoms with Gasteiger partial charge in [0.05, 0.1) is 30.7 Å². The monoisotopic (exact) mass is 366 g/mol. The summed E-state index contributed by atoms with van der Waals surface area (Å²) < 4.78 is 10.3. The normalized spacial score (nSPS) is 10.6. The summed E-state index contributed by atoms with van der Waals surface area (Å²) in [5.74, 6) is 1.51. The first kappa shape index (κ1) is 18.6. The van der Waals surface area contributed by atoms with E-state index in [1.165, 1.54) is 6.33 Å². The number of ether oxygens (including phenoxy) is 1. The number of benzene rings is 1. The first-order valence-corrected chi connectivity index (χ1v) is 8.70. The molecule has 27 heavy (non-hydrogen) atoms. The van der Waals surface area contributed by atoms with Gasteiger partial charge in [0.1, 0.15) is 17.8 Å². The Morgan fingerprint density at radius 3 is 2.63 bits per heavy atom. The fourth-order valence-corrected chi connectivity index (χ4v) is 2.79. The minimum atomic E-state index is -0.0420. The lowest BCUT2D eigenvalue weighted by Gasteiger charge is -2.07. The van der Waals surface area contributed by atoms with Crippen LogP contribution in [0.4, 0.5) is 0 Å². The van der Waals surface area contributed by atoms with E-state index in [0.717, 1.165) is 39.7 Å². The Labute approximate surface area is 157 Å². The molecule has 0 aliphatic rings. The molecule has 2 heterocycles. The van der Waals surface area contributed by atoms with E-state index in [-0.39, 0.29) is 5.91 Å². The number of carbonyl (C=O) groups excluding carboxylic acids is 1. The Morgan fingerprint density at radius 1 is 1.19 bits per heavy atom. The highest BCUT2D eigenvalue weighted by Gasteiger charge is 2.11. The molecule has 140 valence electrons. The van der Waals surface area contributed by atoms with E-state index in [4.69, 9.17) is 9.26 Å². The van der Waals surface area contributed by atoms with Crippen molar-refractivity contribution < 1.29 is 14.1 Å². The number of methoxy groups -OCH3 is 1. The van der Waals surface area contributed by atoms with Gasteiger partial charge in [0.25, 0.3) is 0 Å². The number of hydrogen-bond donors (Lipinski definition) is 1. The van der Waals surface area contributed by atoms with Gasteiger partial charge in [0, 0.05) is 17.5 Å². The molecule has 0 radical (unpaired) electrons. The van der Waals surface area contributed by atoms with Crippen LogP contribution in [-0.2, 0) is 17.8 Å². The average molecular weight is 366 g/mol. The highest BCUT2D eigenvalue weighted by Crippen LogP contribution is 2.20. The second-order valence-corrected chi connectivity index (χ2v) is 6.20. The van der Waals surface area contributed by atoms with Gasteiger partial charge in [-0.1, -0.05) is 5.16 Å². The van der Waals surface area contributed by atoms with Gasteiger partial charge in [-0.3, -0.25) is 4.79 Å². The Morgan fingerprint density at radius 2 is 1.96 bits per heavy atom. The summed E-state index contributed by atoms with van der Waals surface area (Å²) in [4.78, 5) is 20.7. The minimum Gasteiger partial charge on any atom is -0.497 e. The van der Waals surface area contributed by atoms with Crippen LogP contribution in [0, 0.1) is 13.8 Å². The number of amides is 1. The van der Waals surface area contributed by atoms with Crippen molar-refractivity contribution in [1.29, 1.82) is 0 Å². The maximum atomic E-state index is 12.1. The summed E-state index contributed by atoms with van der Waals surface area (Å²) in [7, 11) is 1.63. The zero-order valence-corrected chi connectivity index (χ0v) is 15.7. The molecule has 0 spiro atoms. The van der Waals surface area contributed by atoms with Gasteiger partial charge in [-0.05, 0) is 50.6 Å². The van der Waals surface area contributed by atoms with E-state index < -0.39 is 0 Å². The van der Waals surface area contributed by atoms with Gasteiger partial charge >= 0.3 is 0 Å². The molecule has 0 saturated carbocycles. The SMILES string of the molecule is COc1ccc(-c2cc(CNC(=O)CCc3c(C)noc3C)ncn2)cc1. The third-order valence-corrected chi connectivity index (χ3v) is 4.36. The van der Waals surface area contributed by atoms with E-state index in [0.29, 0.717) is 19.4 Å². The van der Waals surface area contributed by atoms with Gasteiger partial charge in [-0.2, -0.15) is 0 Å². The average Bonchev–Trinajstić information content (AvgIpc) is 3.02. The topological polar surface area (TPSA) is 90.1 Å². The summed E-state index contributed by atoms with van der Waals surface area (Å²) in [6.07, 6.45) is 2.48. The maximum Gasteiger partial charge on any atom is 0.220 e. The van der Waals surface area contributed by atoms with Gasteiger partial charge in [0.2, 0.25) is 5.91 Å². The van der Waals surface area contributed by atoms with Crippen molar-refractivity contribution in [3.63, 3.8) is 0 Å². The number of carbonyl (C=O) groups is 1. The molecule has 0 fully saturated rings. The van der Waals surface area contributed by atoms with Crippen LogP contribution in [0.5, 0.6) is 5.75 Å². The van der Waals surface area contributed by atoms with Gasteiger partial charge in [-0.15, -0.1) is 0 Å². The molecule has 0 atom stereocenters. The van der Waals surface area contributed by atoms with Crippen LogP contribution in [-0.4, -0.2) is 28.1 Å². The number of nitrogens with zero attached hydrogens (tertiary/aromatic N) is 3. The first-order valence-electron chi connectivity index (χ1n) is 8.70. The van der Waals surface area contributed by atoms with E-state index in [1.54, 1.807) is 7.11 Å². The third kappa shape index (κ3) is 4.69. The second kappa shape index (κ2) is 8.44. The second-order valence-electron chi connectivity index (χ2n) is 6.20. The van der Waals surface area contributed by atoms with Gasteiger partial charge in [-0.25, -0.2) is 9.97 Å². The lowest BCUT2D eigenvalue weighted by Crippen LogP contribution is -2.23. The zero-order valence-electron chi connectivity index (χ0n) is 15.7. The zero-order chi connectivity index (χ0) is 19.2. The molecular formula is C20H22N4O3. The van der Waals surface area contributed by atoms with Crippen molar-refractivity contribution in [2.45, 2.75) is 33.2 Å². The molecular weight excluding hydrogens is 344 g/mol. The molecule has 0 aliphatic heterocycles. The van der Waals surface area contributed by atoms with E-state index >= 15 is 0 Å². The summed E-state index contributed by atoms with van der Waals surface area (Å²) in [6.45, 7) is 4.09. The lowest BCUT2D eigenvalue weighted by molar-refractivity contribution is -0.121. The van der Waals surface area contributed by atoms with Crippen molar-refractivity contribution in [2.24, 2.45) is 0 Å². The van der Waals surface area contributed by atoms with Crippen LogP contribution in [0.15, 0.2) is 41.2 Å². The maximum absolute atomic E-state index is 12.1. The quantitative estimate of drug-likeness (QED) is 0.691. The van der Waals surface area contributed by atoms with Gasteiger partial charge < -0.3 is 14.6 Å². The molecule has 7 nitrogen and oxygen atoms in total. The predicted molar refractivity (Wildman–Crippen MR) is 100 cm³/mol. The van der Waals surface area contributed by atoms with Crippen molar-refractivity contribution >= 4 is 5.91 Å². The molecule has 0 bridgehead atoms. The molecule has 0 unspecified atom stereocenters. The first-order chi connectivity index (χ1) is 13.1. The number of aryl methyl sites for hydroxylation is 2. The fourth-order valence-electron chi connectivity index (χ4n) is 2.79. The van der Waals surface area contributed by atoms with E-state index in [9.17, 15) is 4.79 Å². The van der Waals surface area contributed by atoms with Crippen LogP contribution in [0.2, 0.25) is 0 Å². The summed E-state index contributed by atoms with van der Waals surface area (Å²) in [5, 5.41) is 6.80. The Kier molecular flexibility index (Phi) is 5.80. The van der Waals surface area contributed by atoms with Crippen LogP contribution in [0.1, 0.15) is 29.1 Å².